The maximum atomic E-state index is 12.1. The molecule has 0 bridgehead atoms. The van der Waals surface area contributed by atoms with Crippen LogP contribution in [0.3, 0.4) is 0 Å². The molecule has 0 unspecified atom stereocenters. The second kappa shape index (κ2) is 4.84. The lowest BCUT2D eigenvalue weighted by Gasteiger charge is -2.48. The summed E-state index contributed by atoms with van der Waals surface area (Å²) in [6.07, 6.45) is 0. The van der Waals surface area contributed by atoms with Crippen molar-refractivity contribution in [3.8, 4) is 0 Å². The summed E-state index contributed by atoms with van der Waals surface area (Å²) in [5.74, 6) is 0.00701. The van der Waals surface area contributed by atoms with Crippen LogP contribution in [0.1, 0.15) is 6.92 Å². The van der Waals surface area contributed by atoms with Crippen LogP contribution in [0.15, 0.2) is 23.0 Å². The quantitative estimate of drug-likeness (QED) is 0.762. The van der Waals surface area contributed by atoms with Crippen LogP contribution in [-0.4, -0.2) is 49.2 Å². The summed E-state index contributed by atoms with van der Waals surface area (Å²) < 4.78 is 5.73. The molecule has 1 N–H and O–H groups in total. The Hall–Kier alpha value is -0.780. The first-order chi connectivity index (χ1) is 8.02. The van der Waals surface area contributed by atoms with Gasteiger partial charge >= 0.3 is 0 Å². The minimum Gasteiger partial charge on any atom is -0.369 e. The second-order valence-corrected chi connectivity index (χ2v) is 5.98. The Balaban J connectivity index is 1.95. The molecule has 0 aromatic rings. The Bertz CT molecular complexity index is 364. The molecule has 2 fully saturated rings. The summed E-state index contributed by atoms with van der Waals surface area (Å²) in [5.41, 5.74) is -0.151. The van der Waals surface area contributed by atoms with Crippen molar-refractivity contribution in [2.75, 3.05) is 32.8 Å². The van der Waals surface area contributed by atoms with Crippen LogP contribution < -0.4 is 5.32 Å². The zero-order valence-electron chi connectivity index (χ0n) is 10.1. The number of rotatable bonds is 3. The highest BCUT2D eigenvalue weighted by molar-refractivity contribution is 8.07. The summed E-state index contributed by atoms with van der Waals surface area (Å²) in [6.45, 7) is 13.0. The third-order valence-corrected chi connectivity index (χ3v) is 3.74. The van der Waals surface area contributed by atoms with E-state index in [0.29, 0.717) is 24.6 Å². The highest BCUT2D eigenvalue weighted by Crippen LogP contribution is 2.27. The number of carbonyl (C=O) groups excluding carboxylic acids is 1. The van der Waals surface area contributed by atoms with Crippen molar-refractivity contribution in [3.63, 3.8) is 0 Å². The SMILES string of the molecule is C=C(C)SC(=C)C(=O)N1CCOC2(CNC2)C1. The molecular weight excluding hydrogens is 236 g/mol. The average Bonchev–Trinajstić information content (AvgIpc) is 2.25. The third kappa shape index (κ3) is 2.73. The fourth-order valence-corrected chi connectivity index (χ4v) is 2.70. The van der Waals surface area contributed by atoms with Crippen LogP contribution >= 0.6 is 11.8 Å². The van der Waals surface area contributed by atoms with Crippen molar-refractivity contribution >= 4 is 17.7 Å². The van der Waals surface area contributed by atoms with E-state index in [-0.39, 0.29) is 11.5 Å². The normalized spacial score (nSPS) is 22.1. The predicted molar refractivity (Wildman–Crippen MR) is 69.7 cm³/mol. The van der Waals surface area contributed by atoms with Crippen molar-refractivity contribution < 1.29 is 9.53 Å². The Morgan fingerprint density at radius 2 is 2.18 bits per heavy atom. The molecule has 0 aliphatic carbocycles. The summed E-state index contributed by atoms with van der Waals surface area (Å²) in [4.78, 5) is 15.4. The van der Waals surface area contributed by atoms with Crippen LogP contribution in [0.25, 0.3) is 0 Å². The lowest BCUT2D eigenvalue weighted by Crippen LogP contribution is -2.69. The van der Waals surface area contributed by atoms with Crippen LogP contribution in [0, 0.1) is 0 Å². The van der Waals surface area contributed by atoms with Crippen molar-refractivity contribution in [3.05, 3.63) is 23.0 Å². The number of thioether (sulfide) groups is 1. The molecule has 17 heavy (non-hydrogen) atoms. The molecule has 0 atom stereocenters. The molecule has 2 rings (SSSR count). The number of allylic oxidation sites excluding steroid dienone is 1. The van der Waals surface area contributed by atoms with Gasteiger partial charge in [0.25, 0.3) is 5.91 Å². The molecule has 2 aliphatic heterocycles. The molecule has 2 aliphatic rings. The van der Waals surface area contributed by atoms with E-state index >= 15 is 0 Å². The standard InChI is InChI=1S/C12H18N2O2S/c1-9(2)17-10(3)11(15)14-4-5-16-12(8-14)6-13-7-12/h13H,1,3-8H2,2H3. The molecule has 5 heteroatoms. The Morgan fingerprint density at radius 3 is 2.71 bits per heavy atom. The monoisotopic (exact) mass is 254 g/mol. The van der Waals surface area contributed by atoms with Gasteiger partial charge in [-0.2, -0.15) is 0 Å². The van der Waals surface area contributed by atoms with Gasteiger partial charge in [-0.1, -0.05) is 24.9 Å². The van der Waals surface area contributed by atoms with Gasteiger partial charge in [-0.25, -0.2) is 0 Å². The van der Waals surface area contributed by atoms with Crippen molar-refractivity contribution in [1.82, 2.24) is 10.2 Å². The second-order valence-electron chi connectivity index (χ2n) is 4.59. The highest BCUT2D eigenvalue weighted by Gasteiger charge is 2.43. The Kier molecular flexibility index (Phi) is 3.61. The van der Waals surface area contributed by atoms with E-state index < -0.39 is 0 Å². The van der Waals surface area contributed by atoms with E-state index in [1.807, 2.05) is 11.8 Å². The molecule has 0 radical (unpaired) electrons. The van der Waals surface area contributed by atoms with Gasteiger partial charge in [0.1, 0.15) is 5.60 Å². The Labute approximate surface area is 106 Å². The number of hydrogen-bond acceptors (Lipinski definition) is 4. The maximum Gasteiger partial charge on any atom is 0.260 e. The van der Waals surface area contributed by atoms with Gasteiger partial charge in [0.2, 0.25) is 0 Å². The van der Waals surface area contributed by atoms with E-state index in [4.69, 9.17) is 4.74 Å². The number of nitrogens with zero attached hydrogens (tertiary/aromatic N) is 1. The number of amides is 1. The zero-order chi connectivity index (χ0) is 12.5. The first-order valence-corrected chi connectivity index (χ1v) is 6.50. The molecule has 0 aromatic heterocycles. The lowest BCUT2D eigenvalue weighted by molar-refractivity contribution is -0.155. The van der Waals surface area contributed by atoms with Crippen LogP contribution in [0.5, 0.6) is 0 Å². The Morgan fingerprint density at radius 1 is 1.47 bits per heavy atom. The molecule has 1 amide bonds. The largest absolute Gasteiger partial charge is 0.369 e. The van der Waals surface area contributed by atoms with Crippen LogP contribution in [-0.2, 0) is 9.53 Å². The number of morpholine rings is 1. The van der Waals surface area contributed by atoms with E-state index in [9.17, 15) is 4.79 Å². The van der Waals surface area contributed by atoms with Crippen molar-refractivity contribution in [2.45, 2.75) is 12.5 Å². The van der Waals surface area contributed by atoms with Gasteiger partial charge in [-0.3, -0.25) is 4.79 Å². The van der Waals surface area contributed by atoms with Gasteiger partial charge in [0.05, 0.1) is 18.1 Å². The number of ether oxygens (including phenoxy) is 1. The predicted octanol–water partition coefficient (Wildman–Crippen LogP) is 0.968. The van der Waals surface area contributed by atoms with Crippen LogP contribution in [0.2, 0.25) is 0 Å². The molecule has 4 nitrogen and oxygen atoms in total. The van der Waals surface area contributed by atoms with E-state index in [0.717, 1.165) is 18.0 Å². The van der Waals surface area contributed by atoms with Crippen molar-refractivity contribution in [1.29, 1.82) is 0 Å². The molecule has 1 spiro atoms. The number of nitrogens with one attached hydrogen (secondary N) is 1. The van der Waals surface area contributed by atoms with Gasteiger partial charge in [0.15, 0.2) is 0 Å². The summed E-state index contributed by atoms with van der Waals surface area (Å²) >= 11 is 1.35. The summed E-state index contributed by atoms with van der Waals surface area (Å²) in [6, 6.07) is 0. The fraction of sp³-hybridized carbons (Fsp3) is 0.583. The topological polar surface area (TPSA) is 41.6 Å². The van der Waals surface area contributed by atoms with Crippen molar-refractivity contribution in [2.24, 2.45) is 0 Å². The lowest BCUT2D eigenvalue weighted by atomic mass is 9.94. The van der Waals surface area contributed by atoms with Gasteiger partial charge < -0.3 is 15.0 Å². The average molecular weight is 254 g/mol. The smallest absolute Gasteiger partial charge is 0.260 e. The highest BCUT2D eigenvalue weighted by atomic mass is 32.2. The zero-order valence-corrected chi connectivity index (χ0v) is 10.9. The first kappa shape index (κ1) is 12.7. The first-order valence-electron chi connectivity index (χ1n) is 5.69. The number of carbonyl (C=O) groups is 1. The van der Waals surface area contributed by atoms with Crippen LogP contribution in [0.4, 0.5) is 0 Å². The third-order valence-electron chi connectivity index (χ3n) is 2.97. The maximum absolute atomic E-state index is 12.1. The molecule has 2 saturated heterocycles. The van der Waals surface area contributed by atoms with Gasteiger partial charge in [-0.15, -0.1) is 0 Å². The summed E-state index contributed by atoms with van der Waals surface area (Å²) in [7, 11) is 0. The van der Waals surface area contributed by atoms with E-state index in [1.165, 1.54) is 11.8 Å². The molecule has 2 heterocycles. The van der Waals surface area contributed by atoms with Gasteiger partial charge in [-0.05, 0) is 11.8 Å². The van der Waals surface area contributed by atoms with Gasteiger partial charge in [0, 0.05) is 19.6 Å². The number of hydrogen-bond donors (Lipinski definition) is 1. The molecule has 94 valence electrons. The van der Waals surface area contributed by atoms with E-state index in [2.05, 4.69) is 18.5 Å². The molecule has 0 aromatic carbocycles. The van der Waals surface area contributed by atoms with E-state index in [1.54, 1.807) is 0 Å². The minimum atomic E-state index is -0.151. The fourth-order valence-electron chi connectivity index (χ4n) is 2.07. The summed E-state index contributed by atoms with van der Waals surface area (Å²) in [5, 5.41) is 3.19. The minimum absolute atomic E-state index is 0.00701. The molecular formula is C12H18N2O2S. The molecule has 0 saturated carbocycles.